The van der Waals surface area contributed by atoms with Crippen LogP contribution in [-0.4, -0.2) is 50.3 Å². The number of aliphatic imine (C=N–C) groups is 1. The van der Waals surface area contributed by atoms with Crippen molar-refractivity contribution in [2.45, 2.75) is 26.3 Å². The highest BCUT2D eigenvalue weighted by Gasteiger charge is 2.15. The Bertz CT molecular complexity index is 750. The minimum atomic E-state index is 0. The van der Waals surface area contributed by atoms with Gasteiger partial charge in [-0.3, -0.25) is 0 Å². The highest BCUT2D eigenvalue weighted by Crippen LogP contribution is 2.19. The van der Waals surface area contributed by atoms with Crippen molar-refractivity contribution in [1.29, 1.82) is 0 Å². The van der Waals surface area contributed by atoms with E-state index in [1.54, 1.807) is 0 Å². The van der Waals surface area contributed by atoms with E-state index in [9.17, 15) is 0 Å². The Kier molecular flexibility index (Phi) is 10.2. The third-order valence-corrected chi connectivity index (χ3v) is 4.87. The van der Waals surface area contributed by atoms with E-state index in [0.29, 0.717) is 12.5 Å². The molecule has 3 rings (SSSR count). The fourth-order valence-electron chi connectivity index (χ4n) is 3.27. The molecule has 7 heteroatoms. The molecule has 158 valence electrons. The van der Waals surface area contributed by atoms with Gasteiger partial charge < -0.3 is 20.3 Å². The quantitative estimate of drug-likeness (QED) is 0.341. The maximum absolute atomic E-state index is 5.47. The average molecular weight is 509 g/mol. The number of nitrogens with one attached hydrogen (secondary N) is 2. The third kappa shape index (κ3) is 7.15. The molecule has 0 spiro atoms. The Morgan fingerprint density at radius 2 is 1.90 bits per heavy atom. The van der Waals surface area contributed by atoms with Crippen molar-refractivity contribution in [3.05, 3.63) is 59.8 Å². The van der Waals surface area contributed by atoms with Gasteiger partial charge in [-0.15, -0.1) is 24.0 Å². The summed E-state index contributed by atoms with van der Waals surface area (Å²) < 4.78 is 5.47. The van der Waals surface area contributed by atoms with Gasteiger partial charge >= 0.3 is 0 Å². The molecule has 0 aliphatic carbocycles. The molecule has 2 N–H and O–H groups in total. The molecule has 29 heavy (non-hydrogen) atoms. The lowest BCUT2D eigenvalue weighted by Crippen LogP contribution is -2.39. The lowest BCUT2D eigenvalue weighted by atomic mass is 10.0. The molecule has 1 aliphatic rings. The molecule has 1 aliphatic heterocycles. The largest absolute Gasteiger partial charge is 0.378 e. The minimum absolute atomic E-state index is 0. The molecule has 0 amide bonds. The lowest BCUT2D eigenvalue weighted by molar-refractivity contribution is 0.122. The lowest BCUT2D eigenvalue weighted by Gasteiger charge is -2.29. The smallest absolute Gasteiger partial charge is 0.191 e. The summed E-state index contributed by atoms with van der Waals surface area (Å²) in [6.45, 7) is 9.82. The highest BCUT2D eigenvalue weighted by molar-refractivity contribution is 14.0. The Labute approximate surface area is 191 Å². The van der Waals surface area contributed by atoms with Gasteiger partial charge in [0.25, 0.3) is 0 Å². The first-order valence-electron chi connectivity index (χ1n) is 10.1. The zero-order chi connectivity index (χ0) is 19.6. The van der Waals surface area contributed by atoms with E-state index < -0.39 is 0 Å². The first-order chi connectivity index (χ1) is 13.8. The van der Waals surface area contributed by atoms with E-state index in [2.05, 4.69) is 70.8 Å². The molecule has 0 saturated carbocycles. The van der Waals surface area contributed by atoms with Gasteiger partial charge in [-0.1, -0.05) is 43.3 Å². The van der Waals surface area contributed by atoms with Crippen LogP contribution in [0.5, 0.6) is 0 Å². The van der Waals surface area contributed by atoms with Crippen molar-refractivity contribution in [3.8, 4) is 0 Å². The first-order valence-corrected chi connectivity index (χ1v) is 10.1. The molecule has 1 aromatic heterocycles. The van der Waals surface area contributed by atoms with E-state index in [-0.39, 0.29) is 24.0 Å². The Balaban J connectivity index is 0.00000300. The number of halogens is 1. The fraction of sp³-hybridized carbons (Fsp3) is 0.455. The standard InChI is InChI=1S/C22H31N5O.HI/c1-3-23-22(25-16-18(2)19-8-5-4-6-9-19)26-17-20-10-7-11-24-21(20)27-12-14-28-15-13-27;/h4-11,18H,3,12-17H2,1-2H3,(H2,23,25,26);1H. The van der Waals surface area contributed by atoms with Crippen LogP contribution in [0.15, 0.2) is 53.7 Å². The number of guanidine groups is 1. The summed E-state index contributed by atoms with van der Waals surface area (Å²) in [5.74, 6) is 2.26. The summed E-state index contributed by atoms with van der Waals surface area (Å²) in [4.78, 5) is 11.7. The van der Waals surface area contributed by atoms with E-state index in [1.165, 1.54) is 5.56 Å². The SMILES string of the molecule is CCNC(=NCc1cccnc1N1CCOCC1)NCC(C)c1ccccc1.I. The van der Waals surface area contributed by atoms with Gasteiger partial charge in [-0.25, -0.2) is 9.98 Å². The van der Waals surface area contributed by atoms with Crippen LogP contribution in [0.1, 0.15) is 30.9 Å². The molecule has 1 aromatic carbocycles. The van der Waals surface area contributed by atoms with Crippen LogP contribution in [0.25, 0.3) is 0 Å². The zero-order valence-corrected chi connectivity index (χ0v) is 19.6. The number of aromatic nitrogens is 1. The van der Waals surface area contributed by atoms with Crippen LogP contribution in [0.3, 0.4) is 0 Å². The topological polar surface area (TPSA) is 61.8 Å². The second-order valence-corrected chi connectivity index (χ2v) is 6.97. The second kappa shape index (κ2) is 12.6. The Morgan fingerprint density at radius 3 is 2.62 bits per heavy atom. The molecule has 0 bridgehead atoms. The number of hydrogen-bond acceptors (Lipinski definition) is 4. The van der Waals surface area contributed by atoms with E-state index in [4.69, 9.17) is 9.73 Å². The monoisotopic (exact) mass is 509 g/mol. The highest BCUT2D eigenvalue weighted by atomic mass is 127. The van der Waals surface area contributed by atoms with E-state index >= 15 is 0 Å². The van der Waals surface area contributed by atoms with Gasteiger partial charge in [0.2, 0.25) is 0 Å². The molecule has 2 aromatic rings. The number of nitrogens with zero attached hydrogens (tertiary/aromatic N) is 3. The van der Waals surface area contributed by atoms with Gasteiger partial charge in [0.1, 0.15) is 5.82 Å². The maximum atomic E-state index is 5.47. The number of benzene rings is 1. The molecule has 6 nitrogen and oxygen atoms in total. The summed E-state index contributed by atoms with van der Waals surface area (Å²) in [5, 5.41) is 6.82. The van der Waals surface area contributed by atoms with E-state index in [0.717, 1.165) is 56.7 Å². The molecular weight excluding hydrogens is 477 g/mol. The number of rotatable bonds is 7. The average Bonchev–Trinajstić information content (AvgIpc) is 2.77. The number of pyridine rings is 1. The normalized spacial score (nSPS) is 15.4. The van der Waals surface area contributed by atoms with Gasteiger partial charge in [-0.05, 0) is 24.5 Å². The summed E-state index contributed by atoms with van der Waals surface area (Å²) in [7, 11) is 0. The molecular formula is C22H32IN5O. The summed E-state index contributed by atoms with van der Waals surface area (Å²) >= 11 is 0. The third-order valence-electron chi connectivity index (χ3n) is 4.87. The predicted molar refractivity (Wildman–Crippen MR) is 130 cm³/mol. The zero-order valence-electron chi connectivity index (χ0n) is 17.3. The molecule has 2 heterocycles. The molecule has 1 atom stereocenters. The van der Waals surface area contributed by atoms with Crippen molar-refractivity contribution in [2.75, 3.05) is 44.3 Å². The van der Waals surface area contributed by atoms with Crippen molar-refractivity contribution in [1.82, 2.24) is 15.6 Å². The van der Waals surface area contributed by atoms with Crippen molar-refractivity contribution in [3.63, 3.8) is 0 Å². The van der Waals surface area contributed by atoms with Crippen molar-refractivity contribution in [2.24, 2.45) is 4.99 Å². The number of morpholine rings is 1. The van der Waals surface area contributed by atoms with Crippen molar-refractivity contribution >= 4 is 35.8 Å². The van der Waals surface area contributed by atoms with Gasteiger partial charge in [0.05, 0.1) is 19.8 Å². The first kappa shape index (κ1) is 23.4. The predicted octanol–water partition coefficient (Wildman–Crippen LogP) is 3.40. The van der Waals surface area contributed by atoms with Crippen LogP contribution in [0.2, 0.25) is 0 Å². The summed E-state index contributed by atoms with van der Waals surface area (Å²) in [6, 6.07) is 14.6. The molecule has 0 radical (unpaired) electrons. The number of hydrogen-bond donors (Lipinski definition) is 2. The van der Waals surface area contributed by atoms with Crippen molar-refractivity contribution < 1.29 is 4.74 Å². The molecule has 1 unspecified atom stereocenters. The van der Waals surface area contributed by atoms with Gasteiger partial charge in [0, 0.05) is 37.9 Å². The van der Waals surface area contributed by atoms with Crippen LogP contribution in [-0.2, 0) is 11.3 Å². The summed E-state index contributed by atoms with van der Waals surface area (Å²) in [5.41, 5.74) is 2.46. The van der Waals surface area contributed by atoms with Crippen LogP contribution in [0, 0.1) is 0 Å². The molecule has 1 saturated heterocycles. The Hall–Kier alpha value is -1.87. The fourth-order valence-corrected chi connectivity index (χ4v) is 3.27. The maximum Gasteiger partial charge on any atom is 0.191 e. The number of ether oxygens (including phenoxy) is 1. The second-order valence-electron chi connectivity index (χ2n) is 6.97. The Morgan fingerprint density at radius 1 is 1.14 bits per heavy atom. The van der Waals surface area contributed by atoms with Crippen LogP contribution >= 0.6 is 24.0 Å². The van der Waals surface area contributed by atoms with Crippen LogP contribution in [0.4, 0.5) is 5.82 Å². The minimum Gasteiger partial charge on any atom is -0.378 e. The van der Waals surface area contributed by atoms with E-state index in [1.807, 2.05) is 12.3 Å². The summed E-state index contributed by atoms with van der Waals surface area (Å²) in [6.07, 6.45) is 1.85. The van der Waals surface area contributed by atoms with Crippen LogP contribution < -0.4 is 15.5 Å². The number of anilines is 1. The molecule has 1 fully saturated rings. The van der Waals surface area contributed by atoms with Gasteiger partial charge in [0.15, 0.2) is 5.96 Å². The van der Waals surface area contributed by atoms with Gasteiger partial charge in [-0.2, -0.15) is 0 Å².